The number of β-amino-alcohol motifs (C(OH)–C–C–N with tert-alkyl or cyclic N) is 1. The van der Waals surface area contributed by atoms with E-state index in [4.69, 9.17) is 9.15 Å². The Bertz CT molecular complexity index is 936. The van der Waals surface area contributed by atoms with Crippen molar-refractivity contribution >= 4 is 16.8 Å². The summed E-state index contributed by atoms with van der Waals surface area (Å²) in [5.74, 6) is 1.16. The highest BCUT2D eigenvalue weighted by Crippen LogP contribution is 2.24. The molecule has 1 amide bonds. The molecule has 6 heteroatoms. The standard InChI is InChI=1S/C20H20N2O4/c1-13-16(7-10-25-13)20(24)22-9-6-19(18(23)12-22)26-15-4-5-17-14(11-15)3-2-8-21-17/h2-5,7-8,10-11,18-19,23H,6,9,12H2,1H3/t18-,19-/m1/s1. The van der Waals surface area contributed by atoms with E-state index in [1.54, 1.807) is 24.1 Å². The lowest BCUT2D eigenvalue weighted by molar-refractivity contribution is -0.0198. The molecule has 26 heavy (non-hydrogen) atoms. The zero-order chi connectivity index (χ0) is 18.1. The first-order chi connectivity index (χ1) is 12.6. The molecule has 0 aliphatic carbocycles. The van der Waals surface area contributed by atoms with E-state index < -0.39 is 6.10 Å². The van der Waals surface area contributed by atoms with Crippen molar-refractivity contribution in [2.75, 3.05) is 13.1 Å². The summed E-state index contributed by atoms with van der Waals surface area (Å²) in [6.07, 6.45) is 2.72. The van der Waals surface area contributed by atoms with Crippen molar-refractivity contribution in [3.8, 4) is 5.75 Å². The van der Waals surface area contributed by atoms with Crippen molar-refractivity contribution in [3.63, 3.8) is 0 Å². The van der Waals surface area contributed by atoms with Gasteiger partial charge in [-0.2, -0.15) is 0 Å². The van der Waals surface area contributed by atoms with Gasteiger partial charge in [-0.15, -0.1) is 0 Å². The van der Waals surface area contributed by atoms with Crippen molar-refractivity contribution in [2.45, 2.75) is 25.6 Å². The normalized spacial score (nSPS) is 20.3. The molecule has 1 aromatic carbocycles. The first-order valence-corrected chi connectivity index (χ1v) is 8.65. The number of hydrogen-bond donors (Lipinski definition) is 1. The van der Waals surface area contributed by atoms with Crippen molar-refractivity contribution in [3.05, 3.63) is 60.2 Å². The summed E-state index contributed by atoms with van der Waals surface area (Å²) in [5.41, 5.74) is 1.44. The lowest BCUT2D eigenvalue weighted by Gasteiger charge is -2.35. The number of hydrogen-bond acceptors (Lipinski definition) is 5. The van der Waals surface area contributed by atoms with Crippen LogP contribution >= 0.6 is 0 Å². The number of aliphatic hydroxyl groups is 1. The Morgan fingerprint density at radius 1 is 1.35 bits per heavy atom. The van der Waals surface area contributed by atoms with E-state index in [9.17, 15) is 9.90 Å². The molecule has 2 atom stereocenters. The van der Waals surface area contributed by atoms with Crippen LogP contribution in [0.1, 0.15) is 22.5 Å². The van der Waals surface area contributed by atoms with E-state index in [0.29, 0.717) is 30.0 Å². The predicted octanol–water partition coefficient (Wildman–Crippen LogP) is 2.79. The summed E-state index contributed by atoms with van der Waals surface area (Å²) in [5, 5.41) is 11.5. The van der Waals surface area contributed by atoms with Gasteiger partial charge in [-0.05, 0) is 37.3 Å². The minimum atomic E-state index is -0.746. The van der Waals surface area contributed by atoms with Crippen LogP contribution in [0.25, 0.3) is 10.9 Å². The van der Waals surface area contributed by atoms with Gasteiger partial charge in [0.1, 0.15) is 23.7 Å². The van der Waals surface area contributed by atoms with Crippen LogP contribution in [0.4, 0.5) is 0 Å². The molecule has 1 N–H and O–H groups in total. The van der Waals surface area contributed by atoms with E-state index in [1.165, 1.54) is 6.26 Å². The first-order valence-electron chi connectivity index (χ1n) is 8.65. The largest absolute Gasteiger partial charge is 0.488 e. The molecule has 3 heterocycles. The highest BCUT2D eigenvalue weighted by atomic mass is 16.5. The topological polar surface area (TPSA) is 75.8 Å². The van der Waals surface area contributed by atoms with Crippen molar-refractivity contribution in [1.82, 2.24) is 9.88 Å². The molecule has 0 bridgehead atoms. The smallest absolute Gasteiger partial charge is 0.257 e. The summed E-state index contributed by atoms with van der Waals surface area (Å²) in [4.78, 5) is 18.5. The number of benzene rings is 1. The van der Waals surface area contributed by atoms with Crippen molar-refractivity contribution in [2.24, 2.45) is 0 Å². The molecule has 6 nitrogen and oxygen atoms in total. The summed E-state index contributed by atoms with van der Waals surface area (Å²) >= 11 is 0. The van der Waals surface area contributed by atoms with Gasteiger partial charge in [0.2, 0.25) is 0 Å². The maximum absolute atomic E-state index is 12.5. The second kappa shape index (κ2) is 6.80. The second-order valence-corrected chi connectivity index (χ2v) is 6.51. The molecular formula is C20H20N2O4. The molecule has 1 saturated heterocycles. The highest BCUT2D eigenvalue weighted by Gasteiger charge is 2.32. The van der Waals surface area contributed by atoms with Gasteiger partial charge in [-0.1, -0.05) is 6.07 Å². The zero-order valence-corrected chi connectivity index (χ0v) is 14.5. The molecule has 1 fully saturated rings. The van der Waals surface area contributed by atoms with E-state index >= 15 is 0 Å². The number of nitrogens with zero attached hydrogens (tertiary/aromatic N) is 2. The Morgan fingerprint density at radius 2 is 2.23 bits per heavy atom. The maximum atomic E-state index is 12.5. The fourth-order valence-corrected chi connectivity index (χ4v) is 3.31. The minimum absolute atomic E-state index is 0.120. The van der Waals surface area contributed by atoms with Crippen LogP contribution in [0.5, 0.6) is 5.75 Å². The van der Waals surface area contributed by atoms with Crippen molar-refractivity contribution < 1.29 is 19.1 Å². The van der Waals surface area contributed by atoms with Crippen LogP contribution in [-0.4, -0.2) is 46.2 Å². The molecule has 0 unspecified atom stereocenters. The lowest BCUT2D eigenvalue weighted by Crippen LogP contribution is -2.51. The fraction of sp³-hybridized carbons (Fsp3) is 0.300. The third-order valence-electron chi connectivity index (χ3n) is 4.76. The third kappa shape index (κ3) is 3.15. The van der Waals surface area contributed by atoms with Gasteiger partial charge < -0.3 is 19.2 Å². The predicted molar refractivity (Wildman–Crippen MR) is 96.1 cm³/mol. The lowest BCUT2D eigenvalue weighted by atomic mass is 10.0. The number of piperidine rings is 1. The van der Waals surface area contributed by atoms with Gasteiger partial charge in [-0.25, -0.2) is 0 Å². The van der Waals surface area contributed by atoms with Gasteiger partial charge in [-0.3, -0.25) is 9.78 Å². The van der Waals surface area contributed by atoms with E-state index in [1.807, 2.05) is 30.3 Å². The second-order valence-electron chi connectivity index (χ2n) is 6.51. The number of aliphatic hydroxyl groups excluding tert-OH is 1. The number of pyridine rings is 1. The highest BCUT2D eigenvalue weighted by molar-refractivity contribution is 5.95. The number of fused-ring (bicyclic) bond motifs is 1. The summed E-state index contributed by atoms with van der Waals surface area (Å²) in [6, 6.07) is 11.2. The number of aryl methyl sites for hydroxylation is 1. The molecule has 1 aliphatic rings. The molecular weight excluding hydrogens is 332 g/mol. The van der Waals surface area contributed by atoms with Gasteiger partial charge in [0.25, 0.3) is 5.91 Å². The first kappa shape index (κ1) is 16.6. The molecule has 2 aromatic heterocycles. The molecule has 134 valence electrons. The number of carbonyl (C=O) groups is 1. The average Bonchev–Trinajstić information content (AvgIpc) is 3.08. The van der Waals surface area contributed by atoms with Gasteiger partial charge >= 0.3 is 0 Å². The van der Waals surface area contributed by atoms with Crippen LogP contribution in [0.15, 0.2) is 53.3 Å². The molecule has 0 saturated carbocycles. The zero-order valence-electron chi connectivity index (χ0n) is 14.5. The van der Waals surface area contributed by atoms with E-state index in [-0.39, 0.29) is 18.6 Å². The Morgan fingerprint density at radius 3 is 3.00 bits per heavy atom. The summed E-state index contributed by atoms with van der Waals surface area (Å²) < 4.78 is 11.2. The van der Waals surface area contributed by atoms with Crippen LogP contribution in [0.3, 0.4) is 0 Å². The number of amides is 1. The SMILES string of the molecule is Cc1occc1C(=O)N1CC[C@@H](Oc2ccc3ncccc3c2)[C@H](O)C1. The Hall–Kier alpha value is -2.86. The number of carbonyl (C=O) groups excluding carboxylic acids is 1. The number of rotatable bonds is 3. The summed E-state index contributed by atoms with van der Waals surface area (Å²) in [7, 11) is 0. The molecule has 0 radical (unpaired) electrons. The fourth-order valence-electron chi connectivity index (χ4n) is 3.31. The Kier molecular flexibility index (Phi) is 4.34. The molecule has 4 rings (SSSR count). The maximum Gasteiger partial charge on any atom is 0.257 e. The molecule has 1 aliphatic heterocycles. The van der Waals surface area contributed by atoms with Crippen molar-refractivity contribution in [1.29, 1.82) is 0 Å². The Labute approximate surface area is 151 Å². The van der Waals surface area contributed by atoms with Crippen LogP contribution < -0.4 is 4.74 Å². The minimum Gasteiger partial charge on any atom is -0.488 e. The Balaban J connectivity index is 1.43. The number of furan rings is 1. The molecule has 3 aromatic rings. The van der Waals surface area contributed by atoms with E-state index in [0.717, 1.165) is 10.9 Å². The quantitative estimate of drug-likeness (QED) is 0.784. The number of ether oxygens (including phenoxy) is 1. The van der Waals surface area contributed by atoms with Crippen LogP contribution in [-0.2, 0) is 0 Å². The van der Waals surface area contributed by atoms with Crippen LogP contribution in [0, 0.1) is 6.92 Å². The third-order valence-corrected chi connectivity index (χ3v) is 4.76. The number of aromatic nitrogens is 1. The number of likely N-dealkylation sites (tertiary alicyclic amines) is 1. The summed E-state index contributed by atoms with van der Waals surface area (Å²) in [6.45, 7) is 2.53. The average molecular weight is 352 g/mol. The monoisotopic (exact) mass is 352 g/mol. The van der Waals surface area contributed by atoms with Gasteiger partial charge in [0, 0.05) is 24.5 Å². The van der Waals surface area contributed by atoms with Gasteiger partial charge in [0.15, 0.2) is 0 Å². The van der Waals surface area contributed by atoms with Crippen LogP contribution in [0.2, 0.25) is 0 Å². The van der Waals surface area contributed by atoms with E-state index in [2.05, 4.69) is 4.98 Å². The molecule has 0 spiro atoms. The van der Waals surface area contributed by atoms with Gasteiger partial charge in [0.05, 0.1) is 23.9 Å².